The summed E-state index contributed by atoms with van der Waals surface area (Å²) >= 11 is 0. The van der Waals surface area contributed by atoms with Gasteiger partial charge in [-0.25, -0.2) is 4.98 Å². The molecule has 0 amide bonds. The van der Waals surface area contributed by atoms with Crippen molar-refractivity contribution in [2.24, 2.45) is 0 Å². The highest BCUT2D eigenvalue weighted by Gasteiger charge is 2.13. The lowest BCUT2D eigenvalue weighted by Gasteiger charge is -2.13. The highest BCUT2D eigenvalue weighted by atomic mass is 16.5. The number of rotatable bonds is 4. The standard InChI is InChI=1S/C13H17N3O/c1-4-17-13-11(6-5-8-14-13)12-7-9-15-16(12)10(2)3/h5-10H,4H2,1-3H3. The third-order valence-electron chi connectivity index (χ3n) is 2.49. The summed E-state index contributed by atoms with van der Waals surface area (Å²) in [5, 5.41) is 4.33. The van der Waals surface area contributed by atoms with E-state index in [0.717, 1.165) is 11.3 Å². The first-order valence-corrected chi connectivity index (χ1v) is 5.85. The normalized spacial score (nSPS) is 10.8. The third-order valence-corrected chi connectivity index (χ3v) is 2.49. The molecule has 4 heteroatoms. The van der Waals surface area contributed by atoms with Crippen molar-refractivity contribution in [1.82, 2.24) is 14.8 Å². The number of pyridine rings is 1. The monoisotopic (exact) mass is 231 g/mol. The molecule has 0 spiro atoms. The third kappa shape index (κ3) is 2.30. The van der Waals surface area contributed by atoms with E-state index in [0.29, 0.717) is 18.5 Å². The maximum Gasteiger partial charge on any atom is 0.222 e. The Balaban J connectivity index is 2.48. The van der Waals surface area contributed by atoms with Gasteiger partial charge in [-0.15, -0.1) is 0 Å². The maximum atomic E-state index is 5.54. The maximum absolute atomic E-state index is 5.54. The van der Waals surface area contributed by atoms with Crippen LogP contribution in [0.15, 0.2) is 30.6 Å². The Morgan fingerprint density at radius 3 is 2.82 bits per heavy atom. The molecule has 17 heavy (non-hydrogen) atoms. The van der Waals surface area contributed by atoms with Gasteiger partial charge in [-0.2, -0.15) is 5.10 Å². The largest absolute Gasteiger partial charge is 0.477 e. The van der Waals surface area contributed by atoms with Crippen LogP contribution in [0, 0.1) is 0 Å². The molecule has 0 bridgehead atoms. The summed E-state index contributed by atoms with van der Waals surface area (Å²) in [5.41, 5.74) is 2.03. The Morgan fingerprint density at radius 2 is 2.12 bits per heavy atom. The average molecular weight is 231 g/mol. The second-order valence-corrected chi connectivity index (χ2v) is 4.04. The fraction of sp³-hybridized carbons (Fsp3) is 0.385. The molecule has 0 radical (unpaired) electrons. The molecule has 2 heterocycles. The quantitative estimate of drug-likeness (QED) is 0.812. The fourth-order valence-electron chi connectivity index (χ4n) is 1.78. The van der Waals surface area contributed by atoms with Gasteiger partial charge in [0.1, 0.15) is 0 Å². The van der Waals surface area contributed by atoms with Crippen LogP contribution in [0.2, 0.25) is 0 Å². The highest BCUT2D eigenvalue weighted by molar-refractivity contribution is 5.65. The van der Waals surface area contributed by atoms with Crippen LogP contribution in [-0.2, 0) is 0 Å². The van der Waals surface area contributed by atoms with Gasteiger partial charge < -0.3 is 4.74 Å². The van der Waals surface area contributed by atoms with E-state index in [9.17, 15) is 0 Å². The average Bonchev–Trinajstić information content (AvgIpc) is 2.79. The molecule has 90 valence electrons. The molecular weight excluding hydrogens is 214 g/mol. The molecule has 0 saturated carbocycles. The molecule has 0 aliphatic rings. The van der Waals surface area contributed by atoms with Crippen molar-refractivity contribution >= 4 is 0 Å². The van der Waals surface area contributed by atoms with Gasteiger partial charge in [0.15, 0.2) is 0 Å². The smallest absolute Gasteiger partial charge is 0.222 e. The van der Waals surface area contributed by atoms with Gasteiger partial charge in [-0.05, 0) is 39.0 Å². The zero-order chi connectivity index (χ0) is 12.3. The first-order chi connectivity index (χ1) is 8.24. The second-order valence-electron chi connectivity index (χ2n) is 4.04. The van der Waals surface area contributed by atoms with Gasteiger partial charge >= 0.3 is 0 Å². The summed E-state index contributed by atoms with van der Waals surface area (Å²) in [5.74, 6) is 0.664. The van der Waals surface area contributed by atoms with E-state index in [2.05, 4.69) is 23.9 Å². The molecule has 0 aliphatic heterocycles. The van der Waals surface area contributed by atoms with E-state index < -0.39 is 0 Å². The topological polar surface area (TPSA) is 39.9 Å². The molecule has 2 aromatic heterocycles. The predicted molar refractivity (Wildman–Crippen MR) is 67.0 cm³/mol. The molecule has 4 nitrogen and oxygen atoms in total. The molecule has 0 aliphatic carbocycles. The van der Waals surface area contributed by atoms with Crippen LogP contribution < -0.4 is 4.74 Å². The van der Waals surface area contributed by atoms with Crippen LogP contribution in [0.5, 0.6) is 5.88 Å². The Bertz CT molecular complexity index is 491. The molecule has 0 atom stereocenters. The van der Waals surface area contributed by atoms with E-state index in [-0.39, 0.29) is 0 Å². The van der Waals surface area contributed by atoms with Crippen molar-refractivity contribution in [3.05, 3.63) is 30.6 Å². The molecule has 2 aromatic rings. The molecule has 0 unspecified atom stereocenters. The zero-order valence-electron chi connectivity index (χ0n) is 10.4. The van der Waals surface area contributed by atoms with Crippen molar-refractivity contribution < 1.29 is 4.74 Å². The Labute approximate surface area is 101 Å². The number of hydrogen-bond acceptors (Lipinski definition) is 3. The van der Waals surface area contributed by atoms with E-state index in [1.165, 1.54) is 0 Å². The van der Waals surface area contributed by atoms with Crippen LogP contribution in [0.3, 0.4) is 0 Å². The first-order valence-electron chi connectivity index (χ1n) is 5.85. The van der Waals surface area contributed by atoms with Crippen LogP contribution in [0.1, 0.15) is 26.8 Å². The van der Waals surface area contributed by atoms with E-state index in [4.69, 9.17) is 4.74 Å². The number of nitrogens with zero attached hydrogens (tertiary/aromatic N) is 3. The molecule has 0 aromatic carbocycles. The SMILES string of the molecule is CCOc1ncccc1-c1ccnn1C(C)C. The summed E-state index contributed by atoms with van der Waals surface area (Å²) in [6.07, 6.45) is 3.54. The van der Waals surface area contributed by atoms with Crippen LogP contribution in [-0.4, -0.2) is 21.4 Å². The van der Waals surface area contributed by atoms with E-state index in [1.807, 2.05) is 29.8 Å². The Kier molecular flexibility index (Phi) is 3.42. The lowest BCUT2D eigenvalue weighted by atomic mass is 10.2. The van der Waals surface area contributed by atoms with Crippen LogP contribution in [0.4, 0.5) is 0 Å². The number of hydrogen-bond donors (Lipinski definition) is 0. The van der Waals surface area contributed by atoms with Gasteiger partial charge in [0.25, 0.3) is 0 Å². The van der Waals surface area contributed by atoms with Crippen molar-refractivity contribution in [2.75, 3.05) is 6.61 Å². The summed E-state index contributed by atoms with van der Waals surface area (Å²) < 4.78 is 7.52. The minimum Gasteiger partial charge on any atom is -0.477 e. The van der Waals surface area contributed by atoms with Gasteiger partial charge in [-0.3, -0.25) is 4.68 Å². The molecule has 0 saturated heterocycles. The van der Waals surface area contributed by atoms with Crippen LogP contribution >= 0.6 is 0 Å². The predicted octanol–water partition coefficient (Wildman–Crippen LogP) is 2.92. The molecular formula is C13H17N3O. The van der Waals surface area contributed by atoms with Crippen molar-refractivity contribution in [3.63, 3.8) is 0 Å². The zero-order valence-corrected chi connectivity index (χ0v) is 10.4. The van der Waals surface area contributed by atoms with Gasteiger partial charge in [-0.1, -0.05) is 0 Å². The van der Waals surface area contributed by atoms with Crippen molar-refractivity contribution in [1.29, 1.82) is 0 Å². The van der Waals surface area contributed by atoms with E-state index in [1.54, 1.807) is 12.4 Å². The summed E-state index contributed by atoms with van der Waals surface area (Å²) in [7, 11) is 0. The van der Waals surface area contributed by atoms with Gasteiger partial charge in [0, 0.05) is 18.4 Å². The van der Waals surface area contributed by atoms with Gasteiger partial charge in [0.2, 0.25) is 5.88 Å². The first kappa shape index (κ1) is 11.6. The Morgan fingerprint density at radius 1 is 1.29 bits per heavy atom. The fourth-order valence-corrected chi connectivity index (χ4v) is 1.78. The summed E-state index contributed by atoms with van der Waals surface area (Å²) in [4.78, 5) is 4.26. The van der Waals surface area contributed by atoms with E-state index >= 15 is 0 Å². The number of aromatic nitrogens is 3. The van der Waals surface area contributed by atoms with Crippen molar-refractivity contribution in [3.8, 4) is 17.1 Å². The lowest BCUT2D eigenvalue weighted by molar-refractivity contribution is 0.328. The van der Waals surface area contributed by atoms with Crippen molar-refractivity contribution in [2.45, 2.75) is 26.8 Å². The second kappa shape index (κ2) is 4.99. The molecule has 0 N–H and O–H groups in total. The molecule has 0 fully saturated rings. The summed E-state index contributed by atoms with van der Waals surface area (Å²) in [6, 6.07) is 6.22. The van der Waals surface area contributed by atoms with Crippen LogP contribution in [0.25, 0.3) is 11.3 Å². The number of ether oxygens (including phenoxy) is 1. The van der Waals surface area contributed by atoms with Gasteiger partial charge in [0.05, 0.1) is 17.9 Å². The highest BCUT2D eigenvalue weighted by Crippen LogP contribution is 2.28. The minimum absolute atomic E-state index is 0.315. The Hall–Kier alpha value is -1.84. The summed E-state index contributed by atoms with van der Waals surface area (Å²) in [6.45, 7) is 6.78. The lowest BCUT2D eigenvalue weighted by Crippen LogP contribution is -2.06. The minimum atomic E-state index is 0.315. The molecule has 2 rings (SSSR count).